The average molecular weight is 382 g/mol. The topological polar surface area (TPSA) is 49.4 Å². The standard InChI is InChI=1S/C23H27FN2O2/c1-17-7-9-18(10-8-17)14-21(27)26-12-4-11-23(2,16-26)22(28)25-15-19-5-3-6-20(24)13-19/h3,5-10,13H,4,11-12,14-16H2,1-2H3,(H,25,28). The quantitative estimate of drug-likeness (QED) is 0.859. The maximum absolute atomic E-state index is 13.3. The molecule has 0 aliphatic carbocycles. The number of hydrogen-bond donors (Lipinski definition) is 1. The molecular weight excluding hydrogens is 355 g/mol. The minimum absolute atomic E-state index is 0.0488. The molecule has 2 aromatic carbocycles. The second-order valence-electron chi connectivity index (χ2n) is 7.95. The molecule has 5 heteroatoms. The third-order valence-corrected chi connectivity index (χ3v) is 5.42. The van der Waals surface area contributed by atoms with Gasteiger partial charge in [-0.1, -0.05) is 42.0 Å². The molecule has 1 heterocycles. The van der Waals surface area contributed by atoms with E-state index in [1.807, 2.05) is 38.1 Å². The number of nitrogens with one attached hydrogen (secondary N) is 1. The number of benzene rings is 2. The predicted octanol–water partition coefficient (Wildman–Crippen LogP) is 3.62. The van der Waals surface area contributed by atoms with E-state index in [0.29, 0.717) is 19.5 Å². The van der Waals surface area contributed by atoms with Gasteiger partial charge in [-0.2, -0.15) is 0 Å². The fraction of sp³-hybridized carbons (Fsp3) is 0.391. The second-order valence-corrected chi connectivity index (χ2v) is 7.95. The molecule has 1 unspecified atom stereocenters. The summed E-state index contributed by atoms with van der Waals surface area (Å²) >= 11 is 0. The highest BCUT2D eigenvalue weighted by Crippen LogP contribution is 2.30. The van der Waals surface area contributed by atoms with Crippen molar-refractivity contribution in [1.29, 1.82) is 0 Å². The van der Waals surface area contributed by atoms with Gasteiger partial charge in [0.15, 0.2) is 0 Å². The van der Waals surface area contributed by atoms with Crippen LogP contribution in [-0.4, -0.2) is 29.8 Å². The molecule has 148 valence electrons. The molecule has 28 heavy (non-hydrogen) atoms. The van der Waals surface area contributed by atoms with E-state index < -0.39 is 5.41 Å². The normalized spacial score (nSPS) is 19.3. The van der Waals surface area contributed by atoms with Crippen LogP contribution in [0.4, 0.5) is 4.39 Å². The zero-order chi connectivity index (χ0) is 20.1. The lowest BCUT2D eigenvalue weighted by Crippen LogP contribution is -2.52. The highest BCUT2D eigenvalue weighted by atomic mass is 19.1. The number of carbonyl (C=O) groups excluding carboxylic acids is 2. The molecule has 0 radical (unpaired) electrons. The first-order chi connectivity index (χ1) is 13.4. The molecule has 0 spiro atoms. The first kappa shape index (κ1) is 20.1. The van der Waals surface area contributed by atoms with Gasteiger partial charge in [0.1, 0.15) is 5.82 Å². The van der Waals surface area contributed by atoms with Crippen molar-refractivity contribution in [3.63, 3.8) is 0 Å². The van der Waals surface area contributed by atoms with Crippen LogP contribution in [0.1, 0.15) is 36.5 Å². The van der Waals surface area contributed by atoms with Crippen molar-refractivity contribution in [3.8, 4) is 0 Å². The van der Waals surface area contributed by atoms with Crippen molar-refractivity contribution in [3.05, 3.63) is 71.0 Å². The van der Waals surface area contributed by atoms with Gasteiger partial charge in [0.25, 0.3) is 0 Å². The van der Waals surface area contributed by atoms with Crippen LogP contribution in [-0.2, 0) is 22.6 Å². The number of rotatable bonds is 5. The largest absolute Gasteiger partial charge is 0.351 e. The maximum Gasteiger partial charge on any atom is 0.227 e. The lowest BCUT2D eigenvalue weighted by molar-refractivity contribution is -0.140. The van der Waals surface area contributed by atoms with E-state index in [9.17, 15) is 14.0 Å². The van der Waals surface area contributed by atoms with Crippen LogP contribution in [0.2, 0.25) is 0 Å². The fourth-order valence-corrected chi connectivity index (χ4v) is 3.67. The van der Waals surface area contributed by atoms with Crippen molar-refractivity contribution in [2.24, 2.45) is 5.41 Å². The Hall–Kier alpha value is -2.69. The minimum atomic E-state index is -0.630. The van der Waals surface area contributed by atoms with Gasteiger partial charge < -0.3 is 10.2 Å². The van der Waals surface area contributed by atoms with E-state index in [4.69, 9.17) is 0 Å². The van der Waals surface area contributed by atoms with E-state index in [1.54, 1.807) is 17.0 Å². The number of amides is 2. The SMILES string of the molecule is Cc1ccc(CC(=O)N2CCCC(C)(C(=O)NCc3cccc(F)c3)C2)cc1. The summed E-state index contributed by atoms with van der Waals surface area (Å²) in [5.41, 5.74) is 2.24. The number of halogens is 1. The molecule has 1 aliphatic rings. The predicted molar refractivity (Wildman–Crippen MR) is 107 cm³/mol. The van der Waals surface area contributed by atoms with Crippen molar-refractivity contribution in [1.82, 2.24) is 10.2 Å². The van der Waals surface area contributed by atoms with Gasteiger partial charge in [0.05, 0.1) is 11.8 Å². The van der Waals surface area contributed by atoms with E-state index in [1.165, 1.54) is 12.1 Å². The number of hydrogen-bond acceptors (Lipinski definition) is 2. The third-order valence-electron chi connectivity index (χ3n) is 5.42. The number of piperidine rings is 1. The summed E-state index contributed by atoms with van der Waals surface area (Å²) in [6.45, 7) is 5.29. The first-order valence-electron chi connectivity index (χ1n) is 9.72. The van der Waals surface area contributed by atoms with Crippen LogP contribution in [0.25, 0.3) is 0 Å². The molecule has 1 fully saturated rings. The molecule has 0 bridgehead atoms. The van der Waals surface area contributed by atoms with Gasteiger partial charge in [0.2, 0.25) is 11.8 Å². The number of nitrogens with zero attached hydrogens (tertiary/aromatic N) is 1. The van der Waals surface area contributed by atoms with Gasteiger partial charge in [-0.3, -0.25) is 9.59 Å². The zero-order valence-electron chi connectivity index (χ0n) is 16.5. The van der Waals surface area contributed by atoms with Crippen molar-refractivity contribution < 1.29 is 14.0 Å². The lowest BCUT2D eigenvalue weighted by atomic mass is 9.80. The molecule has 0 aromatic heterocycles. The molecule has 2 amide bonds. The van der Waals surface area contributed by atoms with E-state index in [0.717, 1.165) is 29.5 Å². The summed E-state index contributed by atoms with van der Waals surface area (Å²) < 4.78 is 13.3. The monoisotopic (exact) mass is 382 g/mol. The molecular formula is C23H27FN2O2. The summed E-state index contributed by atoms with van der Waals surface area (Å²) in [5, 5.41) is 2.91. The van der Waals surface area contributed by atoms with Crippen molar-refractivity contribution >= 4 is 11.8 Å². The van der Waals surface area contributed by atoms with E-state index in [-0.39, 0.29) is 24.2 Å². The van der Waals surface area contributed by atoms with Gasteiger partial charge in [-0.25, -0.2) is 4.39 Å². The highest BCUT2D eigenvalue weighted by molar-refractivity contribution is 5.84. The Morgan fingerprint density at radius 1 is 1.14 bits per heavy atom. The molecule has 1 atom stereocenters. The molecule has 0 saturated carbocycles. The Kier molecular flexibility index (Phi) is 6.12. The Balaban J connectivity index is 1.59. The zero-order valence-corrected chi connectivity index (χ0v) is 16.5. The number of aryl methyl sites for hydroxylation is 1. The van der Waals surface area contributed by atoms with E-state index >= 15 is 0 Å². The van der Waals surface area contributed by atoms with Gasteiger partial charge in [0, 0.05) is 19.6 Å². The second kappa shape index (κ2) is 8.55. The fourth-order valence-electron chi connectivity index (χ4n) is 3.67. The van der Waals surface area contributed by atoms with Gasteiger partial charge in [-0.15, -0.1) is 0 Å². The van der Waals surface area contributed by atoms with Crippen LogP contribution < -0.4 is 5.32 Å². The van der Waals surface area contributed by atoms with Gasteiger partial charge >= 0.3 is 0 Å². The Bertz CT molecular complexity index is 850. The van der Waals surface area contributed by atoms with E-state index in [2.05, 4.69) is 5.32 Å². The van der Waals surface area contributed by atoms with Gasteiger partial charge in [-0.05, 0) is 49.9 Å². The molecule has 4 nitrogen and oxygen atoms in total. The number of carbonyl (C=O) groups is 2. The Morgan fingerprint density at radius 2 is 1.89 bits per heavy atom. The minimum Gasteiger partial charge on any atom is -0.351 e. The average Bonchev–Trinajstić information content (AvgIpc) is 2.68. The molecule has 3 rings (SSSR count). The summed E-state index contributed by atoms with van der Waals surface area (Å²) in [6.07, 6.45) is 1.88. The number of likely N-dealkylation sites (tertiary alicyclic amines) is 1. The molecule has 2 aromatic rings. The van der Waals surface area contributed by atoms with Crippen molar-refractivity contribution in [2.45, 2.75) is 39.7 Å². The summed E-state index contributed by atoms with van der Waals surface area (Å²) in [6, 6.07) is 14.2. The maximum atomic E-state index is 13.3. The van der Waals surface area contributed by atoms with Crippen LogP contribution >= 0.6 is 0 Å². The summed E-state index contributed by atoms with van der Waals surface area (Å²) in [7, 11) is 0. The smallest absolute Gasteiger partial charge is 0.227 e. The summed E-state index contributed by atoms with van der Waals surface area (Å²) in [5.74, 6) is -0.360. The first-order valence-corrected chi connectivity index (χ1v) is 9.72. The molecule has 1 saturated heterocycles. The molecule has 1 N–H and O–H groups in total. The van der Waals surface area contributed by atoms with Crippen LogP contribution in [0.3, 0.4) is 0 Å². The Morgan fingerprint density at radius 3 is 2.61 bits per heavy atom. The Labute approximate surface area is 165 Å². The summed E-state index contributed by atoms with van der Waals surface area (Å²) in [4.78, 5) is 27.3. The van der Waals surface area contributed by atoms with Crippen molar-refractivity contribution in [2.75, 3.05) is 13.1 Å². The highest BCUT2D eigenvalue weighted by Gasteiger charge is 2.39. The van der Waals surface area contributed by atoms with Crippen LogP contribution in [0.15, 0.2) is 48.5 Å². The molecule has 1 aliphatic heterocycles. The van der Waals surface area contributed by atoms with Crippen LogP contribution in [0, 0.1) is 18.2 Å². The third kappa shape index (κ3) is 4.97. The van der Waals surface area contributed by atoms with Crippen LogP contribution in [0.5, 0.6) is 0 Å². The lowest BCUT2D eigenvalue weighted by Gasteiger charge is -2.39.